The maximum absolute atomic E-state index is 12.3. The Labute approximate surface area is 154 Å². The molecule has 1 aliphatic carbocycles. The Balaban J connectivity index is 1.72. The van der Waals surface area contributed by atoms with E-state index in [1.165, 1.54) is 28.8 Å². The molecule has 1 aromatic heterocycles. The Morgan fingerprint density at radius 1 is 1.24 bits per heavy atom. The molecule has 1 fully saturated rings. The molecule has 1 aromatic carbocycles. The molecule has 0 bridgehead atoms. The van der Waals surface area contributed by atoms with Crippen molar-refractivity contribution in [2.75, 3.05) is 0 Å². The highest BCUT2D eigenvalue weighted by atomic mass is 32.1. The van der Waals surface area contributed by atoms with Gasteiger partial charge in [0, 0.05) is 10.9 Å². The number of carbonyl (C=O) groups excluding carboxylic acids is 1. The standard InChI is InChI=1S/C21H28N2OS/c1-3-4-6-16-8-10-17(11-9-16)20(19-7-5-14-25-19)22-15(2)21(24)23-18-12-13-18/h5,7-11,14-15,18,20,22H,3-4,6,12-13H2,1-2H3,(H,23,24)/t15-,20-/m1/s1. The van der Waals surface area contributed by atoms with Crippen molar-refractivity contribution in [2.45, 2.75) is 64.1 Å². The Morgan fingerprint density at radius 3 is 2.60 bits per heavy atom. The fourth-order valence-electron chi connectivity index (χ4n) is 2.94. The molecule has 2 aromatic rings. The van der Waals surface area contributed by atoms with Crippen LogP contribution >= 0.6 is 11.3 Å². The fourth-order valence-corrected chi connectivity index (χ4v) is 3.75. The number of nitrogens with one attached hydrogen (secondary N) is 2. The van der Waals surface area contributed by atoms with Crippen molar-refractivity contribution in [1.29, 1.82) is 0 Å². The second-order valence-electron chi connectivity index (χ2n) is 6.96. The molecule has 0 unspecified atom stereocenters. The van der Waals surface area contributed by atoms with Gasteiger partial charge in [0.05, 0.1) is 12.1 Å². The molecule has 1 heterocycles. The van der Waals surface area contributed by atoms with Gasteiger partial charge in [0.1, 0.15) is 0 Å². The van der Waals surface area contributed by atoms with Crippen LogP contribution in [0, 0.1) is 0 Å². The summed E-state index contributed by atoms with van der Waals surface area (Å²) in [6.45, 7) is 4.17. The van der Waals surface area contributed by atoms with E-state index in [9.17, 15) is 4.79 Å². The van der Waals surface area contributed by atoms with Gasteiger partial charge >= 0.3 is 0 Å². The molecule has 25 heavy (non-hydrogen) atoms. The number of hydrogen-bond donors (Lipinski definition) is 2. The molecule has 2 atom stereocenters. The van der Waals surface area contributed by atoms with Gasteiger partial charge in [-0.3, -0.25) is 10.1 Å². The number of unbranched alkanes of at least 4 members (excludes halogenated alkanes) is 1. The lowest BCUT2D eigenvalue weighted by atomic mass is 10.0. The highest BCUT2D eigenvalue weighted by Crippen LogP contribution is 2.27. The Kier molecular flexibility index (Phi) is 6.27. The molecule has 1 aliphatic rings. The number of amides is 1. The van der Waals surface area contributed by atoms with Crippen molar-refractivity contribution < 1.29 is 4.79 Å². The quantitative estimate of drug-likeness (QED) is 0.697. The van der Waals surface area contributed by atoms with Crippen LogP contribution in [0.2, 0.25) is 0 Å². The minimum absolute atomic E-state index is 0.0557. The zero-order valence-electron chi connectivity index (χ0n) is 15.1. The third-order valence-corrected chi connectivity index (χ3v) is 5.63. The predicted octanol–water partition coefficient (Wildman–Crippen LogP) is 4.44. The monoisotopic (exact) mass is 356 g/mol. The summed E-state index contributed by atoms with van der Waals surface area (Å²) < 4.78 is 0. The Morgan fingerprint density at radius 2 is 2.00 bits per heavy atom. The summed E-state index contributed by atoms with van der Waals surface area (Å²) in [4.78, 5) is 13.6. The highest BCUT2D eigenvalue weighted by Gasteiger charge is 2.27. The number of rotatable bonds is 9. The van der Waals surface area contributed by atoms with Crippen LogP contribution in [0.3, 0.4) is 0 Å². The van der Waals surface area contributed by atoms with Gasteiger partial charge in [0.2, 0.25) is 5.91 Å². The summed E-state index contributed by atoms with van der Waals surface area (Å²) in [6.07, 6.45) is 5.81. The first-order valence-electron chi connectivity index (χ1n) is 9.36. The summed E-state index contributed by atoms with van der Waals surface area (Å²) in [6, 6.07) is 13.3. The van der Waals surface area contributed by atoms with Crippen LogP contribution in [0.5, 0.6) is 0 Å². The number of aryl methyl sites for hydroxylation is 1. The average Bonchev–Trinajstić information content (AvgIpc) is 3.27. The van der Waals surface area contributed by atoms with Crippen LogP contribution in [-0.4, -0.2) is 18.0 Å². The van der Waals surface area contributed by atoms with E-state index in [4.69, 9.17) is 0 Å². The number of thiophene rings is 1. The van der Waals surface area contributed by atoms with Crippen molar-refractivity contribution in [2.24, 2.45) is 0 Å². The average molecular weight is 357 g/mol. The van der Waals surface area contributed by atoms with Crippen LogP contribution < -0.4 is 10.6 Å². The highest BCUT2D eigenvalue weighted by molar-refractivity contribution is 7.10. The van der Waals surface area contributed by atoms with Crippen LogP contribution in [0.1, 0.15) is 61.6 Å². The minimum Gasteiger partial charge on any atom is -0.352 e. The second-order valence-corrected chi connectivity index (χ2v) is 7.94. The lowest BCUT2D eigenvalue weighted by Crippen LogP contribution is -2.44. The van der Waals surface area contributed by atoms with Crippen LogP contribution in [-0.2, 0) is 11.2 Å². The summed E-state index contributed by atoms with van der Waals surface area (Å²) in [7, 11) is 0. The third-order valence-electron chi connectivity index (χ3n) is 4.69. The molecule has 134 valence electrons. The maximum Gasteiger partial charge on any atom is 0.237 e. The summed E-state index contributed by atoms with van der Waals surface area (Å²) in [5, 5.41) is 8.71. The van der Waals surface area contributed by atoms with Crippen LogP contribution in [0.25, 0.3) is 0 Å². The lowest BCUT2D eigenvalue weighted by molar-refractivity contribution is -0.123. The molecular weight excluding hydrogens is 328 g/mol. The molecule has 3 nitrogen and oxygen atoms in total. The molecule has 0 radical (unpaired) electrons. The van der Waals surface area contributed by atoms with Gasteiger partial charge in [0.25, 0.3) is 0 Å². The normalized spacial score (nSPS) is 16.4. The molecule has 0 spiro atoms. The first kappa shape index (κ1) is 18.2. The van der Waals surface area contributed by atoms with Gasteiger partial charge in [-0.1, -0.05) is 43.7 Å². The molecule has 0 saturated heterocycles. The van der Waals surface area contributed by atoms with Crippen molar-refractivity contribution in [1.82, 2.24) is 10.6 Å². The fraction of sp³-hybridized carbons (Fsp3) is 0.476. The van der Waals surface area contributed by atoms with Crippen molar-refractivity contribution in [3.05, 3.63) is 57.8 Å². The summed E-state index contributed by atoms with van der Waals surface area (Å²) in [5.74, 6) is 0.101. The van der Waals surface area contributed by atoms with E-state index in [0.29, 0.717) is 6.04 Å². The SMILES string of the molecule is CCCCc1ccc([C@@H](N[C@H](C)C(=O)NC2CC2)c2cccs2)cc1. The molecule has 2 N–H and O–H groups in total. The van der Waals surface area contributed by atoms with Gasteiger partial charge in [-0.05, 0) is 55.2 Å². The molecule has 1 saturated carbocycles. The van der Waals surface area contributed by atoms with Crippen molar-refractivity contribution in [3.63, 3.8) is 0 Å². The van der Waals surface area contributed by atoms with Crippen molar-refractivity contribution in [3.8, 4) is 0 Å². The zero-order chi connectivity index (χ0) is 17.6. The smallest absolute Gasteiger partial charge is 0.237 e. The first-order valence-corrected chi connectivity index (χ1v) is 10.2. The minimum atomic E-state index is -0.215. The predicted molar refractivity (Wildman–Crippen MR) is 105 cm³/mol. The third kappa shape index (κ3) is 5.16. The molecule has 3 rings (SSSR count). The van der Waals surface area contributed by atoms with Gasteiger partial charge in [-0.15, -0.1) is 11.3 Å². The largest absolute Gasteiger partial charge is 0.352 e. The van der Waals surface area contributed by atoms with E-state index in [1.54, 1.807) is 11.3 Å². The van der Waals surface area contributed by atoms with E-state index in [-0.39, 0.29) is 18.0 Å². The van der Waals surface area contributed by atoms with Gasteiger partial charge in [-0.2, -0.15) is 0 Å². The van der Waals surface area contributed by atoms with E-state index < -0.39 is 0 Å². The zero-order valence-corrected chi connectivity index (χ0v) is 15.9. The van der Waals surface area contributed by atoms with Crippen molar-refractivity contribution >= 4 is 17.2 Å². The summed E-state index contributed by atoms with van der Waals surface area (Å²) >= 11 is 1.73. The maximum atomic E-state index is 12.3. The number of hydrogen-bond acceptors (Lipinski definition) is 3. The van der Waals surface area contributed by atoms with Crippen LogP contribution in [0.4, 0.5) is 0 Å². The lowest BCUT2D eigenvalue weighted by Gasteiger charge is -2.23. The van der Waals surface area contributed by atoms with E-state index in [0.717, 1.165) is 19.3 Å². The number of benzene rings is 1. The summed E-state index contributed by atoms with van der Waals surface area (Å²) in [5.41, 5.74) is 2.60. The van der Waals surface area contributed by atoms with Gasteiger partial charge in [0.15, 0.2) is 0 Å². The Hall–Kier alpha value is -1.65. The van der Waals surface area contributed by atoms with E-state index >= 15 is 0 Å². The topological polar surface area (TPSA) is 41.1 Å². The van der Waals surface area contributed by atoms with E-state index in [2.05, 4.69) is 59.3 Å². The molecule has 0 aliphatic heterocycles. The van der Waals surface area contributed by atoms with Gasteiger partial charge < -0.3 is 5.32 Å². The second kappa shape index (κ2) is 8.63. The Bertz CT molecular complexity index is 662. The van der Waals surface area contributed by atoms with Gasteiger partial charge in [-0.25, -0.2) is 0 Å². The molecular formula is C21H28N2OS. The van der Waals surface area contributed by atoms with E-state index in [1.807, 2.05) is 6.92 Å². The molecule has 1 amide bonds. The van der Waals surface area contributed by atoms with Crippen LogP contribution in [0.15, 0.2) is 41.8 Å². The first-order chi connectivity index (χ1) is 12.2. The molecule has 4 heteroatoms. The number of carbonyl (C=O) groups is 1.